The predicted octanol–water partition coefficient (Wildman–Crippen LogP) is 1.89. The van der Waals surface area contributed by atoms with E-state index in [1.807, 2.05) is 0 Å². The monoisotopic (exact) mass is 415 g/mol. The van der Waals surface area contributed by atoms with Crippen molar-refractivity contribution >= 4 is 23.9 Å². The zero-order chi connectivity index (χ0) is 22.8. The highest BCUT2D eigenvalue weighted by molar-refractivity contribution is 5.93. The van der Waals surface area contributed by atoms with E-state index in [4.69, 9.17) is 9.47 Å². The Balaban J connectivity index is 4.38. The highest BCUT2D eigenvalue weighted by Gasteiger charge is 2.34. The average Bonchev–Trinajstić information content (AvgIpc) is 2.55. The fraction of sp³-hybridized carbons (Fsp3) is 0.800. The van der Waals surface area contributed by atoms with E-state index in [1.54, 1.807) is 48.5 Å². The van der Waals surface area contributed by atoms with Gasteiger partial charge in [-0.05, 0) is 53.4 Å². The zero-order valence-electron chi connectivity index (χ0n) is 18.9. The fourth-order valence-electron chi connectivity index (χ4n) is 2.33. The van der Waals surface area contributed by atoms with Crippen LogP contribution in [0.15, 0.2) is 0 Å². The maximum Gasteiger partial charge on any atom is 0.407 e. The number of alkyl carbamates (subject to hydrolysis) is 1. The number of hydrogen-bond donors (Lipinski definition) is 3. The second-order valence-electron chi connectivity index (χ2n) is 8.78. The highest BCUT2D eigenvalue weighted by atomic mass is 16.6. The zero-order valence-corrected chi connectivity index (χ0v) is 18.9. The van der Waals surface area contributed by atoms with Crippen molar-refractivity contribution in [3.05, 3.63) is 0 Å². The molecule has 9 nitrogen and oxygen atoms in total. The van der Waals surface area contributed by atoms with E-state index in [-0.39, 0.29) is 18.2 Å². The number of nitrogens with one attached hydrogen (secondary N) is 3. The number of carbonyl (C=O) groups is 4. The van der Waals surface area contributed by atoms with Crippen LogP contribution in [0.2, 0.25) is 0 Å². The minimum absolute atomic E-state index is 0.157. The van der Waals surface area contributed by atoms with Gasteiger partial charge in [0.1, 0.15) is 17.2 Å². The summed E-state index contributed by atoms with van der Waals surface area (Å²) in [5, 5.41) is 7.93. The Morgan fingerprint density at radius 3 is 2.03 bits per heavy atom. The van der Waals surface area contributed by atoms with Gasteiger partial charge in [-0.2, -0.15) is 0 Å². The third-order valence-electron chi connectivity index (χ3n) is 3.93. The van der Waals surface area contributed by atoms with E-state index < -0.39 is 35.2 Å². The Morgan fingerprint density at radius 1 is 0.966 bits per heavy atom. The molecule has 0 aromatic carbocycles. The van der Waals surface area contributed by atoms with E-state index in [2.05, 4.69) is 16.0 Å². The average molecular weight is 416 g/mol. The third kappa shape index (κ3) is 11.3. The van der Waals surface area contributed by atoms with Crippen molar-refractivity contribution in [1.29, 1.82) is 0 Å². The molecule has 0 aliphatic heterocycles. The minimum Gasteiger partial charge on any atom is -0.467 e. The molecule has 0 radical (unpaired) electrons. The molecule has 0 heterocycles. The van der Waals surface area contributed by atoms with Crippen LogP contribution in [0.4, 0.5) is 4.79 Å². The molecule has 3 amide bonds. The lowest BCUT2D eigenvalue weighted by Crippen LogP contribution is -2.58. The van der Waals surface area contributed by atoms with Gasteiger partial charge in [-0.25, -0.2) is 9.59 Å². The second kappa shape index (κ2) is 11.6. The van der Waals surface area contributed by atoms with Crippen molar-refractivity contribution < 1.29 is 28.7 Å². The normalized spacial score (nSPS) is 12.7. The van der Waals surface area contributed by atoms with Gasteiger partial charge in [-0.15, -0.1) is 0 Å². The van der Waals surface area contributed by atoms with E-state index >= 15 is 0 Å². The van der Waals surface area contributed by atoms with Crippen molar-refractivity contribution in [2.45, 2.75) is 84.9 Å². The number of carbonyl (C=O) groups excluding carboxylic acids is 4. The molecular formula is C20H37N3O6. The summed E-state index contributed by atoms with van der Waals surface area (Å²) in [4.78, 5) is 48.0. The molecule has 3 N–H and O–H groups in total. The van der Waals surface area contributed by atoms with Crippen LogP contribution in [0.25, 0.3) is 0 Å². The Hall–Kier alpha value is -2.32. The van der Waals surface area contributed by atoms with Gasteiger partial charge >= 0.3 is 12.1 Å². The Morgan fingerprint density at radius 2 is 1.55 bits per heavy atom. The molecule has 29 heavy (non-hydrogen) atoms. The van der Waals surface area contributed by atoms with Crippen LogP contribution in [-0.2, 0) is 23.9 Å². The number of unbranched alkanes of at least 4 members (excludes halogenated alkanes) is 1. The quantitative estimate of drug-likeness (QED) is 0.370. The standard InChI is InChI=1S/C20H37N3O6/c1-13(2)15(16(25)28-8)22-17(26)20(6,7)23-14(24)11-9-10-12-21-18(27)29-19(3,4)5/h13,15H,9-12H2,1-8H3,(H,21,27)(H,22,26)(H,23,24)/t15-/m0/s1. The molecule has 0 saturated heterocycles. The molecule has 0 fully saturated rings. The molecule has 0 aliphatic carbocycles. The van der Waals surface area contributed by atoms with Crippen LogP contribution in [-0.4, -0.2) is 54.7 Å². The second-order valence-corrected chi connectivity index (χ2v) is 8.78. The molecule has 0 aromatic heterocycles. The first kappa shape index (κ1) is 26.7. The van der Waals surface area contributed by atoms with Crippen LogP contribution < -0.4 is 16.0 Å². The topological polar surface area (TPSA) is 123 Å². The van der Waals surface area contributed by atoms with Gasteiger partial charge in [0, 0.05) is 13.0 Å². The van der Waals surface area contributed by atoms with E-state index in [0.717, 1.165) is 0 Å². The first-order valence-electron chi connectivity index (χ1n) is 9.86. The Kier molecular flexibility index (Phi) is 10.7. The predicted molar refractivity (Wildman–Crippen MR) is 109 cm³/mol. The SMILES string of the molecule is COC(=O)[C@@H](NC(=O)C(C)(C)NC(=O)CCCCNC(=O)OC(C)(C)C)C(C)C. The molecule has 0 spiro atoms. The van der Waals surface area contributed by atoms with Crippen molar-refractivity contribution in [3.63, 3.8) is 0 Å². The summed E-state index contributed by atoms with van der Waals surface area (Å²) in [5.74, 6) is -1.45. The van der Waals surface area contributed by atoms with E-state index in [9.17, 15) is 19.2 Å². The maximum atomic E-state index is 12.5. The summed E-state index contributed by atoms with van der Waals surface area (Å²) in [6.07, 6.45) is 0.842. The molecule has 0 saturated carbocycles. The number of amides is 3. The van der Waals surface area contributed by atoms with Gasteiger partial charge in [-0.1, -0.05) is 13.8 Å². The molecule has 1 atom stereocenters. The highest BCUT2D eigenvalue weighted by Crippen LogP contribution is 2.10. The van der Waals surface area contributed by atoms with Crippen LogP contribution in [0.1, 0.15) is 67.7 Å². The minimum atomic E-state index is -1.19. The third-order valence-corrected chi connectivity index (χ3v) is 3.93. The summed E-state index contributed by atoms with van der Waals surface area (Å²) in [6.45, 7) is 12.5. The van der Waals surface area contributed by atoms with Crippen molar-refractivity contribution in [2.75, 3.05) is 13.7 Å². The van der Waals surface area contributed by atoms with Gasteiger partial charge < -0.3 is 25.4 Å². The van der Waals surface area contributed by atoms with Crippen LogP contribution >= 0.6 is 0 Å². The first-order chi connectivity index (χ1) is 13.2. The fourth-order valence-corrected chi connectivity index (χ4v) is 2.33. The number of esters is 1. The molecule has 0 aliphatic rings. The van der Waals surface area contributed by atoms with Crippen LogP contribution in [0, 0.1) is 5.92 Å². The van der Waals surface area contributed by atoms with Gasteiger partial charge in [0.25, 0.3) is 0 Å². The maximum absolute atomic E-state index is 12.5. The smallest absolute Gasteiger partial charge is 0.407 e. The van der Waals surface area contributed by atoms with Crippen molar-refractivity contribution in [2.24, 2.45) is 5.92 Å². The number of hydrogen-bond acceptors (Lipinski definition) is 6. The van der Waals surface area contributed by atoms with Crippen molar-refractivity contribution in [3.8, 4) is 0 Å². The molecular weight excluding hydrogens is 378 g/mol. The molecule has 0 bridgehead atoms. The van der Waals surface area contributed by atoms with Crippen molar-refractivity contribution in [1.82, 2.24) is 16.0 Å². The van der Waals surface area contributed by atoms with Gasteiger partial charge in [0.15, 0.2) is 0 Å². The van der Waals surface area contributed by atoms with Crippen LogP contribution in [0.3, 0.4) is 0 Å². The number of rotatable bonds is 10. The Labute approximate surface area is 173 Å². The van der Waals surface area contributed by atoms with Gasteiger partial charge in [-0.3, -0.25) is 9.59 Å². The largest absolute Gasteiger partial charge is 0.467 e. The molecule has 168 valence electrons. The van der Waals surface area contributed by atoms with E-state index in [1.165, 1.54) is 7.11 Å². The summed E-state index contributed by atoms with van der Waals surface area (Å²) in [7, 11) is 1.26. The van der Waals surface area contributed by atoms with E-state index in [0.29, 0.717) is 19.4 Å². The summed E-state index contributed by atoms with van der Waals surface area (Å²) in [6, 6.07) is -0.789. The number of methoxy groups -OCH3 is 1. The lowest BCUT2D eigenvalue weighted by molar-refractivity contribution is -0.147. The lowest BCUT2D eigenvalue weighted by Gasteiger charge is -2.28. The molecule has 0 unspecified atom stereocenters. The lowest BCUT2D eigenvalue weighted by atomic mass is 9.99. The summed E-state index contributed by atoms with van der Waals surface area (Å²) >= 11 is 0. The van der Waals surface area contributed by atoms with Gasteiger partial charge in [0.2, 0.25) is 11.8 Å². The summed E-state index contributed by atoms with van der Waals surface area (Å²) in [5.41, 5.74) is -1.74. The Bertz CT molecular complexity index is 581. The first-order valence-corrected chi connectivity index (χ1v) is 9.86. The molecule has 0 aromatic rings. The summed E-state index contributed by atoms with van der Waals surface area (Å²) < 4.78 is 9.83. The van der Waals surface area contributed by atoms with Gasteiger partial charge in [0.05, 0.1) is 7.11 Å². The molecule has 9 heteroatoms. The number of ether oxygens (including phenoxy) is 2. The molecule has 0 rings (SSSR count). The van der Waals surface area contributed by atoms with Crippen LogP contribution in [0.5, 0.6) is 0 Å².